The molecule has 0 radical (unpaired) electrons. The Labute approximate surface area is 121 Å². The van der Waals surface area contributed by atoms with Gasteiger partial charge < -0.3 is 14.4 Å². The van der Waals surface area contributed by atoms with Gasteiger partial charge in [-0.15, -0.1) is 3.89 Å². The molecule has 2 aliphatic heterocycles. The first-order chi connectivity index (χ1) is 9.93. The molecule has 1 aromatic rings. The quantitative estimate of drug-likeness (QED) is 0.771. The Morgan fingerprint density at radius 1 is 1.29 bits per heavy atom. The third-order valence-electron chi connectivity index (χ3n) is 3.68. The van der Waals surface area contributed by atoms with E-state index < -0.39 is 15.5 Å². The Morgan fingerprint density at radius 3 is 2.76 bits per heavy atom. The van der Waals surface area contributed by atoms with Gasteiger partial charge in [0, 0.05) is 19.5 Å². The lowest BCUT2D eigenvalue weighted by Gasteiger charge is -2.15. The van der Waals surface area contributed by atoms with Crippen molar-refractivity contribution in [1.29, 1.82) is 0 Å². The van der Waals surface area contributed by atoms with Crippen LogP contribution in [0.1, 0.15) is 12.0 Å². The van der Waals surface area contributed by atoms with Crippen LogP contribution in [0.4, 0.5) is 3.89 Å². The summed E-state index contributed by atoms with van der Waals surface area (Å²) in [6.45, 7) is 0.464. The van der Waals surface area contributed by atoms with Gasteiger partial charge in [-0.25, -0.2) is 0 Å². The van der Waals surface area contributed by atoms with Crippen LogP contribution in [0.25, 0.3) is 0 Å². The number of benzene rings is 1. The van der Waals surface area contributed by atoms with Crippen molar-refractivity contribution in [3.05, 3.63) is 23.8 Å². The summed E-state index contributed by atoms with van der Waals surface area (Å²) in [4.78, 5) is 13.1. The summed E-state index contributed by atoms with van der Waals surface area (Å²) in [6.07, 6.45) is 0.265. The zero-order valence-corrected chi connectivity index (χ0v) is 11.9. The van der Waals surface area contributed by atoms with Crippen molar-refractivity contribution in [2.24, 2.45) is 0 Å². The van der Waals surface area contributed by atoms with Crippen molar-refractivity contribution < 1.29 is 26.6 Å². The standard InChI is InChI=1S/C13H14FNO5S/c14-21(17,18)10-6-13(16)15(7-10)4-3-9-1-2-11-12(5-9)20-8-19-11/h1-2,5,10H,3-4,6-8H2. The molecule has 1 amide bonds. The third kappa shape index (κ3) is 2.94. The van der Waals surface area contributed by atoms with Gasteiger partial charge in [0.15, 0.2) is 11.5 Å². The number of fused-ring (bicyclic) bond motifs is 1. The SMILES string of the molecule is O=C1CC(S(=O)(=O)F)CN1CCc1ccc2c(c1)OCO2. The summed E-state index contributed by atoms with van der Waals surface area (Å²) < 4.78 is 45.1. The lowest BCUT2D eigenvalue weighted by molar-refractivity contribution is -0.127. The van der Waals surface area contributed by atoms with Crippen LogP contribution in [0.3, 0.4) is 0 Å². The average molecular weight is 315 g/mol. The number of carbonyl (C=O) groups excluding carboxylic acids is 1. The minimum absolute atomic E-state index is 0.0811. The van der Waals surface area contributed by atoms with E-state index >= 15 is 0 Å². The van der Waals surface area contributed by atoms with E-state index in [0.29, 0.717) is 24.5 Å². The predicted octanol–water partition coefficient (Wildman–Crippen LogP) is 0.858. The molecule has 21 heavy (non-hydrogen) atoms. The number of nitrogens with zero attached hydrogens (tertiary/aromatic N) is 1. The van der Waals surface area contributed by atoms with Crippen LogP contribution in [0, 0.1) is 0 Å². The number of ether oxygens (including phenoxy) is 2. The average Bonchev–Trinajstić information content (AvgIpc) is 3.01. The summed E-state index contributed by atoms with van der Waals surface area (Å²) in [5.74, 6) is 1.01. The van der Waals surface area contributed by atoms with Crippen molar-refractivity contribution in [3.63, 3.8) is 0 Å². The van der Waals surface area contributed by atoms with Crippen LogP contribution in [-0.4, -0.2) is 44.4 Å². The van der Waals surface area contributed by atoms with Crippen molar-refractivity contribution in [3.8, 4) is 11.5 Å². The number of rotatable bonds is 4. The molecule has 6 nitrogen and oxygen atoms in total. The first-order valence-corrected chi connectivity index (χ1v) is 7.98. The first kappa shape index (κ1) is 14.1. The van der Waals surface area contributed by atoms with Gasteiger partial charge in [0.25, 0.3) is 0 Å². The van der Waals surface area contributed by atoms with Gasteiger partial charge in [-0.1, -0.05) is 6.07 Å². The highest BCUT2D eigenvalue weighted by Crippen LogP contribution is 2.32. The molecule has 2 heterocycles. The summed E-state index contributed by atoms with van der Waals surface area (Å²) in [6, 6.07) is 5.47. The number of carbonyl (C=O) groups is 1. The van der Waals surface area contributed by atoms with Crippen LogP contribution < -0.4 is 9.47 Å². The molecule has 1 saturated heterocycles. The highest BCUT2D eigenvalue weighted by molar-refractivity contribution is 7.87. The fourth-order valence-corrected chi connectivity index (χ4v) is 3.20. The van der Waals surface area contributed by atoms with Gasteiger partial charge in [0.1, 0.15) is 5.25 Å². The number of hydrogen-bond donors (Lipinski definition) is 0. The van der Waals surface area contributed by atoms with E-state index in [-0.39, 0.29) is 25.7 Å². The lowest BCUT2D eigenvalue weighted by atomic mass is 10.1. The van der Waals surface area contributed by atoms with Gasteiger partial charge in [-0.2, -0.15) is 8.42 Å². The fraction of sp³-hybridized carbons (Fsp3) is 0.462. The number of amides is 1. The molecule has 3 rings (SSSR count). The summed E-state index contributed by atoms with van der Waals surface area (Å²) in [5, 5.41) is -1.23. The van der Waals surface area contributed by atoms with Crippen molar-refractivity contribution >= 4 is 16.1 Å². The topological polar surface area (TPSA) is 72.9 Å². The van der Waals surface area contributed by atoms with Gasteiger partial charge in [-0.3, -0.25) is 4.79 Å². The second kappa shape index (κ2) is 5.18. The van der Waals surface area contributed by atoms with E-state index in [0.717, 1.165) is 5.56 Å². The zero-order valence-electron chi connectivity index (χ0n) is 11.1. The minimum atomic E-state index is -4.66. The minimum Gasteiger partial charge on any atom is -0.454 e. The number of halogens is 1. The highest BCUT2D eigenvalue weighted by atomic mass is 32.3. The molecule has 0 aromatic heterocycles. The molecule has 0 spiro atoms. The van der Waals surface area contributed by atoms with E-state index in [4.69, 9.17) is 9.47 Å². The molecular weight excluding hydrogens is 301 g/mol. The second-order valence-electron chi connectivity index (χ2n) is 5.08. The molecule has 1 fully saturated rings. The molecule has 0 bridgehead atoms. The Bertz CT molecular complexity index is 675. The Balaban J connectivity index is 1.62. The molecule has 1 aromatic carbocycles. The zero-order chi connectivity index (χ0) is 15.0. The van der Waals surface area contributed by atoms with Gasteiger partial charge >= 0.3 is 10.2 Å². The van der Waals surface area contributed by atoms with Crippen LogP contribution in [-0.2, 0) is 21.4 Å². The fourth-order valence-electron chi connectivity index (χ4n) is 2.50. The molecule has 2 aliphatic rings. The molecule has 1 atom stereocenters. The van der Waals surface area contributed by atoms with Crippen LogP contribution >= 0.6 is 0 Å². The molecule has 114 valence electrons. The number of likely N-dealkylation sites (tertiary alicyclic amines) is 1. The largest absolute Gasteiger partial charge is 0.454 e. The summed E-state index contributed by atoms with van der Waals surface area (Å²) >= 11 is 0. The van der Waals surface area contributed by atoms with E-state index in [2.05, 4.69) is 0 Å². The molecule has 0 N–H and O–H groups in total. The van der Waals surface area contributed by atoms with Crippen LogP contribution in [0.15, 0.2) is 18.2 Å². The van der Waals surface area contributed by atoms with Gasteiger partial charge in [0.05, 0.1) is 0 Å². The van der Waals surface area contributed by atoms with Crippen LogP contribution in [0.2, 0.25) is 0 Å². The highest BCUT2D eigenvalue weighted by Gasteiger charge is 2.38. The Kier molecular flexibility index (Phi) is 3.48. The number of hydrogen-bond acceptors (Lipinski definition) is 5. The summed E-state index contributed by atoms with van der Waals surface area (Å²) in [7, 11) is -4.66. The third-order valence-corrected chi connectivity index (χ3v) is 4.80. The summed E-state index contributed by atoms with van der Waals surface area (Å²) in [5.41, 5.74) is 0.943. The molecule has 8 heteroatoms. The predicted molar refractivity (Wildman–Crippen MR) is 71.3 cm³/mol. The van der Waals surface area contributed by atoms with E-state index in [1.165, 1.54) is 4.90 Å². The van der Waals surface area contributed by atoms with Crippen LogP contribution in [0.5, 0.6) is 11.5 Å². The van der Waals surface area contributed by atoms with Gasteiger partial charge in [-0.05, 0) is 24.1 Å². The monoisotopic (exact) mass is 315 g/mol. The maximum Gasteiger partial charge on any atom is 0.307 e. The Morgan fingerprint density at radius 2 is 2.05 bits per heavy atom. The van der Waals surface area contributed by atoms with Crippen molar-refractivity contribution in [2.45, 2.75) is 18.1 Å². The van der Waals surface area contributed by atoms with E-state index in [1.54, 1.807) is 6.07 Å². The second-order valence-corrected chi connectivity index (χ2v) is 6.70. The van der Waals surface area contributed by atoms with Gasteiger partial charge in [0.2, 0.25) is 12.7 Å². The molecule has 0 saturated carbocycles. The first-order valence-electron chi connectivity index (χ1n) is 6.53. The van der Waals surface area contributed by atoms with Crippen molar-refractivity contribution in [2.75, 3.05) is 19.9 Å². The Hall–Kier alpha value is -1.83. The van der Waals surface area contributed by atoms with E-state index in [1.807, 2.05) is 12.1 Å². The van der Waals surface area contributed by atoms with Crippen molar-refractivity contribution in [1.82, 2.24) is 4.90 Å². The molecular formula is C13H14FNO5S. The normalized spacial score (nSPS) is 21.1. The maximum atomic E-state index is 12.9. The maximum absolute atomic E-state index is 12.9. The lowest BCUT2D eigenvalue weighted by Crippen LogP contribution is -2.29. The smallest absolute Gasteiger partial charge is 0.307 e. The van der Waals surface area contributed by atoms with E-state index in [9.17, 15) is 17.1 Å². The molecule has 0 aliphatic carbocycles. The molecule has 1 unspecified atom stereocenters.